The van der Waals surface area contributed by atoms with E-state index in [1.807, 2.05) is 0 Å². The quantitative estimate of drug-likeness (QED) is 0.791. The van der Waals surface area contributed by atoms with Crippen molar-refractivity contribution in [1.82, 2.24) is 10.2 Å². The highest BCUT2D eigenvalue weighted by Gasteiger charge is 2.14. The number of nitrogens with zero attached hydrogens (tertiary/aromatic N) is 1. The van der Waals surface area contributed by atoms with Crippen LogP contribution in [0, 0.1) is 0 Å². The Morgan fingerprint density at radius 2 is 2.19 bits per heavy atom. The molecule has 1 fully saturated rings. The first-order valence-electron chi connectivity index (χ1n) is 6.33. The SMILES string of the molecule is CC(CCNC1CCCN(C)CC1)S(C)=O. The van der Waals surface area contributed by atoms with E-state index in [1.54, 1.807) is 6.26 Å². The fourth-order valence-electron chi connectivity index (χ4n) is 2.10. The number of nitrogens with one attached hydrogen (secondary N) is 1. The molecule has 0 aromatic rings. The number of rotatable bonds is 5. The molecule has 1 aliphatic rings. The molecule has 0 aromatic heterocycles. The highest BCUT2D eigenvalue weighted by atomic mass is 32.2. The van der Waals surface area contributed by atoms with E-state index in [0.717, 1.165) is 13.0 Å². The van der Waals surface area contributed by atoms with E-state index in [4.69, 9.17) is 0 Å². The predicted molar refractivity (Wildman–Crippen MR) is 71.3 cm³/mol. The maximum Gasteiger partial charge on any atom is 0.0329 e. The van der Waals surface area contributed by atoms with E-state index in [-0.39, 0.29) is 0 Å². The maximum absolute atomic E-state index is 11.2. The van der Waals surface area contributed by atoms with Gasteiger partial charge in [0.15, 0.2) is 0 Å². The fraction of sp³-hybridized carbons (Fsp3) is 1.00. The van der Waals surface area contributed by atoms with Gasteiger partial charge in [0.25, 0.3) is 0 Å². The first kappa shape index (κ1) is 14.1. The van der Waals surface area contributed by atoms with Crippen LogP contribution in [0.2, 0.25) is 0 Å². The normalized spacial score (nSPS) is 27.3. The molecule has 1 saturated heterocycles. The van der Waals surface area contributed by atoms with Gasteiger partial charge in [0.2, 0.25) is 0 Å². The Kier molecular flexibility index (Phi) is 6.54. The Hall–Kier alpha value is 0.0700. The topological polar surface area (TPSA) is 32.3 Å². The highest BCUT2D eigenvalue weighted by molar-refractivity contribution is 7.84. The zero-order chi connectivity index (χ0) is 12.0. The van der Waals surface area contributed by atoms with Crippen LogP contribution in [-0.4, -0.2) is 53.3 Å². The zero-order valence-electron chi connectivity index (χ0n) is 10.9. The lowest BCUT2D eigenvalue weighted by atomic mass is 10.1. The number of hydrogen-bond acceptors (Lipinski definition) is 3. The maximum atomic E-state index is 11.2. The molecule has 0 aromatic carbocycles. The van der Waals surface area contributed by atoms with E-state index in [9.17, 15) is 4.21 Å². The van der Waals surface area contributed by atoms with Gasteiger partial charge in [-0.25, -0.2) is 0 Å². The summed E-state index contributed by atoms with van der Waals surface area (Å²) in [6.07, 6.45) is 6.65. The van der Waals surface area contributed by atoms with Gasteiger partial charge in [-0.3, -0.25) is 4.21 Å². The zero-order valence-corrected chi connectivity index (χ0v) is 11.7. The Bertz CT molecular complexity index is 223. The molecular weight excluding hydrogens is 220 g/mol. The molecule has 0 spiro atoms. The third-order valence-electron chi connectivity index (χ3n) is 3.50. The van der Waals surface area contributed by atoms with E-state index < -0.39 is 10.8 Å². The van der Waals surface area contributed by atoms with Crippen LogP contribution >= 0.6 is 0 Å². The van der Waals surface area contributed by atoms with Gasteiger partial charge in [0, 0.05) is 28.3 Å². The lowest BCUT2D eigenvalue weighted by molar-refractivity contribution is 0.343. The average Bonchev–Trinajstić information content (AvgIpc) is 2.43. The summed E-state index contributed by atoms with van der Waals surface area (Å²) in [5, 5.41) is 3.93. The van der Waals surface area contributed by atoms with Gasteiger partial charge in [-0.1, -0.05) is 6.92 Å². The summed E-state index contributed by atoms with van der Waals surface area (Å²) in [5.74, 6) is 0. The molecule has 3 atom stereocenters. The van der Waals surface area contributed by atoms with Gasteiger partial charge in [-0.15, -0.1) is 0 Å². The van der Waals surface area contributed by atoms with Gasteiger partial charge in [0.1, 0.15) is 0 Å². The van der Waals surface area contributed by atoms with Crippen molar-refractivity contribution in [3.8, 4) is 0 Å². The van der Waals surface area contributed by atoms with Crippen LogP contribution < -0.4 is 5.32 Å². The molecule has 1 N–H and O–H groups in total. The molecule has 0 radical (unpaired) electrons. The number of hydrogen-bond donors (Lipinski definition) is 1. The van der Waals surface area contributed by atoms with Crippen LogP contribution in [0.5, 0.6) is 0 Å². The summed E-state index contributed by atoms with van der Waals surface area (Å²) in [4.78, 5) is 2.41. The Morgan fingerprint density at radius 1 is 1.44 bits per heavy atom. The summed E-state index contributed by atoms with van der Waals surface area (Å²) >= 11 is 0. The van der Waals surface area contributed by atoms with E-state index in [0.29, 0.717) is 11.3 Å². The lowest BCUT2D eigenvalue weighted by Gasteiger charge is -2.17. The van der Waals surface area contributed by atoms with Gasteiger partial charge in [-0.05, 0) is 52.4 Å². The van der Waals surface area contributed by atoms with Crippen molar-refractivity contribution in [2.24, 2.45) is 0 Å². The van der Waals surface area contributed by atoms with Crippen LogP contribution in [0.15, 0.2) is 0 Å². The second-order valence-corrected chi connectivity index (χ2v) is 6.79. The third kappa shape index (κ3) is 5.41. The van der Waals surface area contributed by atoms with Crippen LogP contribution in [0.1, 0.15) is 32.6 Å². The van der Waals surface area contributed by atoms with Gasteiger partial charge in [0.05, 0.1) is 0 Å². The van der Waals surface area contributed by atoms with Crippen LogP contribution in [0.3, 0.4) is 0 Å². The number of likely N-dealkylation sites (tertiary alicyclic amines) is 1. The molecule has 0 aliphatic carbocycles. The first-order chi connectivity index (χ1) is 7.59. The van der Waals surface area contributed by atoms with Crippen molar-refractivity contribution in [3.05, 3.63) is 0 Å². The average molecular weight is 246 g/mol. The third-order valence-corrected chi connectivity index (χ3v) is 4.87. The summed E-state index contributed by atoms with van der Waals surface area (Å²) < 4.78 is 11.2. The molecule has 3 nitrogen and oxygen atoms in total. The Labute approximate surface area is 102 Å². The molecule has 1 aliphatic heterocycles. The molecule has 3 unspecified atom stereocenters. The van der Waals surface area contributed by atoms with Crippen LogP contribution in [0.4, 0.5) is 0 Å². The highest BCUT2D eigenvalue weighted by Crippen LogP contribution is 2.09. The second-order valence-electron chi connectivity index (χ2n) is 4.98. The molecule has 0 amide bonds. The predicted octanol–water partition coefficient (Wildman–Crippen LogP) is 1.22. The molecule has 16 heavy (non-hydrogen) atoms. The van der Waals surface area contributed by atoms with Gasteiger partial charge in [-0.2, -0.15) is 0 Å². The lowest BCUT2D eigenvalue weighted by Crippen LogP contribution is -2.32. The van der Waals surface area contributed by atoms with Crippen LogP contribution in [-0.2, 0) is 10.8 Å². The van der Waals surface area contributed by atoms with Crippen molar-refractivity contribution >= 4 is 10.8 Å². The van der Waals surface area contributed by atoms with Crippen molar-refractivity contribution in [2.75, 3.05) is 32.9 Å². The summed E-state index contributed by atoms with van der Waals surface area (Å²) in [6.45, 7) is 5.51. The minimum Gasteiger partial charge on any atom is -0.314 e. The summed E-state index contributed by atoms with van der Waals surface area (Å²) in [7, 11) is 1.52. The Morgan fingerprint density at radius 3 is 2.88 bits per heavy atom. The molecule has 0 saturated carbocycles. The minimum absolute atomic E-state index is 0.320. The smallest absolute Gasteiger partial charge is 0.0329 e. The second kappa shape index (κ2) is 7.41. The van der Waals surface area contributed by atoms with Crippen molar-refractivity contribution in [2.45, 2.75) is 43.9 Å². The van der Waals surface area contributed by atoms with Crippen molar-refractivity contribution < 1.29 is 4.21 Å². The molecule has 96 valence electrons. The minimum atomic E-state index is -0.674. The molecule has 1 heterocycles. The fourth-order valence-corrected chi connectivity index (χ4v) is 2.55. The van der Waals surface area contributed by atoms with E-state index >= 15 is 0 Å². The Balaban J connectivity index is 2.14. The molecule has 1 rings (SSSR count). The van der Waals surface area contributed by atoms with Crippen molar-refractivity contribution in [3.63, 3.8) is 0 Å². The summed E-state index contributed by atoms with van der Waals surface area (Å²) in [6, 6.07) is 0.669. The molecule has 0 bridgehead atoms. The molecule has 4 heteroatoms. The van der Waals surface area contributed by atoms with E-state index in [1.165, 1.54) is 32.4 Å². The first-order valence-corrected chi connectivity index (χ1v) is 7.96. The largest absolute Gasteiger partial charge is 0.314 e. The van der Waals surface area contributed by atoms with Crippen LogP contribution in [0.25, 0.3) is 0 Å². The standard InChI is InChI=1S/C12H26N2OS/c1-11(16(3)15)6-8-13-12-5-4-9-14(2)10-7-12/h11-13H,4-10H2,1-3H3. The van der Waals surface area contributed by atoms with Crippen molar-refractivity contribution in [1.29, 1.82) is 0 Å². The van der Waals surface area contributed by atoms with E-state index in [2.05, 4.69) is 24.2 Å². The van der Waals surface area contributed by atoms with Gasteiger partial charge >= 0.3 is 0 Å². The van der Waals surface area contributed by atoms with Gasteiger partial charge < -0.3 is 10.2 Å². The monoisotopic (exact) mass is 246 g/mol. The molecular formula is C12H26N2OS. The summed E-state index contributed by atoms with van der Waals surface area (Å²) in [5.41, 5.74) is 0.